The zero-order chi connectivity index (χ0) is 26.8. The Morgan fingerprint density at radius 2 is 1.08 bits per heavy atom. The smallest absolute Gasteiger partial charge is 0.201 e. The van der Waals surface area contributed by atoms with E-state index in [-0.39, 0.29) is 0 Å². The normalized spacial score (nSPS) is 11.4. The zero-order valence-electron chi connectivity index (χ0n) is 23.5. The molecule has 5 rings (SSSR count). The molecule has 1 heteroatoms. The van der Waals surface area contributed by atoms with E-state index in [0.717, 1.165) is 0 Å². The number of aromatic nitrogens is 1. The van der Waals surface area contributed by atoms with Crippen molar-refractivity contribution >= 4 is 0 Å². The van der Waals surface area contributed by atoms with Crippen LogP contribution in [0.1, 0.15) is 56.2 Å². The Balaban J connectivity index is 1.71. The van der Waals surface area contributed by atoms with Crippen LogP contribution >= 0.6 is 0 Å². The fourth-order valence-corrected chi connectivity index (χ4v) is 5.43. The largest absolute Gasteiger partial charge is 0.213 e. The monoisotopic (exact) mass is 496 g/mol. The number of hydrogen-bond donors (Lipinski definition) is 0. The minimum atomic E-state index is 0.409. The molecule has 0 spiro atoms. The lowest BCUT2D eigenvalue weighted by atomic mass is 9.82. The molecule has 4 aromatic carbocycles. The van der Waals surface area contributed by atoms with Crippen molar-refractivity contribution < 1.29 is 4.57 Å². The Kier molecular flexibility index (Phi) is 7.29. The fourth-order valence-electron chi connectivity index (χ4n) is 5.43. The molecule has 1 nitrogen and oxygen atoms in total. The summed E-state index contributed by atoms with van der Waals surface area (Å²) in [6.07, 6.45) is 2.22. The molecular formula is C37H38N+. The lowest BCUT2D eigenvalue weighted by Gasteiger charge is -2.22. The molecule has 190 valence electrons. The third-order valence-electron chi connectivity index (χ3n) is 7.61. The highest BCUT2D eigenvalue weighted by Crippen LogP contribution is 2.40. The van der Waals surface area contributed by atoms with Crippen molar-refractivity contribution in [3.8, 4) is 44.6 Å². The molecule has 0 aliphatic carbocycles. The first kappa shape index (κ1) is 25.7. The molecule has 0 aliphatic rings. The summed E-state index contributed by atoms with van der Waals surface area (Å²) in [6.45, 7) is 11.5. The van der Waals surface area contributed by atoms with Crippen LogP contribution in [0.4, 0.5) is 0 Å². The van der Waals surface area contributed by atoms with Gasteiger partial charge in [0.2, 0.25) is 5.69 Å². The van der Waals surface area contributed by atoms with Crippen LogP contribution in [0.25, 0.3) is 44.6 Å². The molecule has 0 bridgehead atoms. The average Bonchev–Trinajstić information content (AvgIpc) is 2.94. The summed E-state index contributed by atoms with van der Waals surface area (Å²) in [5, 5.41) is 0. The van der Waals surface area contributed by atoms with Gasteiger partial charge in [-0.3, -0.25) is 0 Å². The zero-order valence-corrected chi connectivity index (χ0v) is 23.5. The minimum Gasteiger partial charge on any atom is -0.201 e. The van der Waals surface area contributed by atoms with E-state index in [1.165, 1.54) is 61.3 Å². The van der Waals surface area contributed by atoms with E-state index in [2.05, 4.69) is 156 Å². The van der Waals surface area contributed by atoms with Gasteiger partial charge in [0.1, 0.15) is 7.05 Å². The topological polar surface area (TPSA) is 3.88 Å². The SMILES string of the molecule is Cc1ccc(-c2ccccc2)cc1-c1cc(-c2c(C(C)C)cc(-c3ccccc3)cc2C(C)C)cc[n+]1C. The predicted octanol–water partition coefficient (Wildman–Crippen LogP) is 9.73. The van der Waals surface area contributed by atoms with Crippen LogP contribution in [0.3, 0.4) is 0 Å². The van der Waals surface area contributed by atoms with Crippen LogP contribution in [0.2, 0.25) is 0 Å². The van der Waals surface area contributed by atoms with Crippen LogP contribution in [-0.2, 0) is 7.05 Å². The maximum atomic E-state index is 2.41. The highest BCUT2D eigenvalue weighted by molar-refractivity contribution is 5.81. The van der Waals surface area contributed by atoms with Gasteiger partial charge in [-0.1, -0.05) is 113 Å². The van der Waals surface area contributed by atoms with E-state index < -0.39 is 0 Å². The van der Waals surface area contributed by atoms with Crippen LogP contribution < -0.4 is 4.57 Å². The van der Waals surface area contributed by atoms with Gasteiger partial charge in [0.25, 0.3) is 0 Å². The van der Waals surface area contributed by atoms with Gasteiger partial charge in [0.05, 0.1) is 0 Å². The Bertz CT molecular complexity index is 1530. The Labute approximate surface area is 228 Å². The number of nitrogens with zero attached hydrogens (tertiary/aromatic N) is 1. The second kappa shape index (κ2) is 10.8. The van der Waals surface area contributed by atoms with E-state index in [9.17, 15) is 0 Å². The highest BCUT2D eigenvalue weighted by atomic mass is 14.9. The van der Waals surface area contributed by atoms with E-state index in [1.807, 2.05) is 0 Å². The molecule has 0 radical (unpaired) electrons. The number of benzene rings is 4. The number of aryl methyl sites for hydroxylation is 2. The summed E-state index contributed by atoms with van der Waals surface area (Å²) < 4.78 is 2.25. The molecule has 0 amide bonds. The lowest BCUT2D eigenvalue weighted by Crippen LogP contribution is -2.30. The highest BCUT2D eigenvalue weighted by Gasteiger charge is 2.21. The summed E-state index contributed by atoms with van der Waals surface area (Å²) in [7, 11) is 2.15. The van der Waals surface area contributed by atoms with E-state index in [1.54, 1.807) is 0 Å². The maximum Gasteiger partial charge on any atom is 0.213 e. The first-order valence-electron chi connectivity index (χ1n) is 13.7. The van der Waals surface area contributed by atoms with Crippen LogP contribution in [0, 0.1) is 6.92 Å². The van der Waals surface area contributed by atoms with Crippen molar-refractivity contribution in [1.29, 1.82) is 0 Å². The molecule has 0 aliphatic heterocycles. The van der Waals surface area contributed by atoms with Gasteiger partial charge in [-0.05, 0) is 74.9 Å². The molecule has 5 aromatic rings. The molecule has 0 fully saturated rings. The lowest BCUT2D eigenvalue weighted by molar-refractivity contribution is -0.660. The second-order valence-electron chi connectivity index (χ2n) is 11.0. The summed E-state index contributed by atoms with van der Waals surface area (Å²) in [6, 6.07) is 37.8. The number of rotatable bonds is 6. The van der Waals surface area contributed by atoms with Gasteiger partial charge in [0, 0.05) is 17.7 Å². The standard InChI is InChI=1S/C37H38N/c1-25(2)33-22-32(29-15-11-8-12-16-29)23-34(26(3)4)37(33)31-19-20-38(6)36(24-31)35-21-30(18-17-27(35)5)28-13-9-7-10-14-28/h7-26H,1-6H3/q+1. The summed E-state index contributed by atoms with van der Waals surface area (Å²) in [5.41, 5.74) is 14.3. The quantitative estimate of drug-likeness (QED) is 0.206. The van der Waals surface area contributed by atoms with Gasteiger partial charge in [-0.15, -0.1) is 0 Å². The van der Waals surface area contributed by atoms with Crippen LogP contribution in [0.15, 0.2) is 109 Å². The molecule has 38 heavy (non-hydrogen) atoms. The summed E-state index contributed by atoms with van der Waals surface area (Å²) >= 11 is 0. The third kappa shape index (κ3) is 5.07. The minimum absolute atomic E-state index is 0.409. The first-order valence-corrected chi connectivity index (χ1v) is 13.7. The van der Waals surface area contributed by atoms with Gasteiger partial charge in [0.15, 0.2) is 6.20 Å². The van der Waals surface area contributed by atoms with Crippen molar-refractivity contribution in [3.05, 3.63) is 126 Å². The van der Waals surface area contributed by atoms with Gasteiger partial charge >= 0.3 is 0 Å². The molecular weight excluding hydrogens is 458 g/mol. The van der Waals surface area contributed by atoms with Crippen molar-refractivity contribution in [3.63, 3.8) is 0 Å². The van der Waals surface area contributed by atoms with E-state index >= 15 is 0 Å². The predicted molar refractivity (Wildman–Crippen MR) is 162 cm³/mol. The molecule has 1 heterocycles. The van der Waals surface area contributed by atoms with E-state index in [0.29, 0.717) is 11.8 Å². The summed E-state index contributed by atoms with van der Waals surface area (Å²) in [5.74, 6) is 0.818. The molecule has 0 N–H and O–H groups in total. The molecule has 0 saturated carbocycles. The average molecular weight is 497 g/mol. The Morgan fingerprint density at radius 1 is 0.526 bits per heavy atom. The summed E-state index contributed by atoms with van der Waals surface area (Å²) in [4.78, 5) is 0. The molecule has 0 saturated heterocycles. The molecule has 0 unspecified atom stereocenters. The third-order valence-corrected chi connectivity index (χ3v) is 7.61. The van der Waals surface area contributed by atoms with E-state index in [4.69, 9.17) is 0 Å². The molecule has 0 atom stereocenters. The van der Waals surface area contributed by atoms with Crippen molar-refractivity contribution in [2.24, 2.45) is 7.05 Å². The van der Waals surface area contributed by atoms with Crippen molar-refractivity contribution in [1.82, 2.24) is 0 Å². The van der Waals surface area contributed by atoms with Crippen LogP contribution in [0.5, 0.6) is 0 Å². The maximum absolute atomic E-state index is 2.41. The Morgan fingerprint density at radius 3 is 1.63 bits per heavy atom. The van der Waals surface area contributed by atoms with Crippen LogP contribution in [-0.4, -0.2) is 0 Å². The van der Waals surface area contributed by atoms with Gasteiger partial charge < -0.3 is 0 Å². The van der Waals surface area contributed by atoms with Gasteiger partial charge in [-0.25, -0.2) is 4.57 Å². The number of hydrogen-bond acceptors (Lipinski definition) is 0. The first-order chi connectivity index (χ1) is 18.3. The second-order valence-corrected chi connectivity index (χ2v) is 11.0. The number of pyridine rings is 1. The van der Waals surface area contributed by atoms with Gasteiger partial charge in [-0.2, -0.15) is 0 Å². The molecule has 1 aromatic heterocycles. The Hall–Kier alpha value is -3.97. The van der Waals surface area contributed by atoms with Crippen molar-refractivity contribution in [2.75, 3.05) is 0 Å². The van der Waals surface area contributed by atoms with Crippen molar-refractivity contribution in [2.45, 2.75) is 46.5 Å². The fraction of sp³-hybridized carbons (Fsp3) is 0.216.